The highest BCUT2D eigenvalue weighted by molar-refractivity contribution is 5.83. The third-order valence-electron chi connectivity index (χ3n) is 3.18. The first kappa shape index (κ1) is 12.1. The molecule has 0 aliphatic carbocycles. The maximum atomic E-state index is 10.1. The summed E-state index contributed by atoms with van der Waals surface area (Å²) in [5, 5.41) is 12.5. The SMILES string of the molecule is CCN(C)CC(O)c1ccc2ccccc2c1. The predicted molar refractivity (Wildman–Crippen MR) is 72.1 cm³/mol. The number of aliphatic hydroxyl groups is 1. The first-order valence-corrected chi connectivity index (χ1v) is 6.06. The van der Waals surface area contributed by atoms with Crippen LogP contribution in [0.1, 0.15) is 18.6 Å². The molecule has 2 aromatic rings. The molecule has 0 aliphatic heterocycles. The standard InChI is InChI=1S/C15H19NO/c1-3-16(2)11-15(17)14-9-8-12-6-4-5-7-13(12)10-14/h4-10,15,17H,3,11H2,1-2H3. The summed E-state index contributed by atoms with van der Waals surface area (Å²) >= 11 is 0. The van der Waals surface area contributed by atoms with Gasteiger partial charge in [-0.1, -0.05) is 43.3 Å². The molecule has 0 saturated carbocycles. The molecule has 2 rings (SSSR count). The van der Waals surface area contributed by atoms with Crippen molar-refractivity contribution >= 4 is 10.8 Å². The Hall–Kier alpha value is -1.38. The van der Waals surface area contributed by atoms with Crippen LogP contribution in [0.2, 0.25) is 0 Å². The maximum Gasteiger partial charge on any atom is 0.0917 e. The highest BCUT2D eigenvalue weighted by Crippen LogP contribution is 2.20. The first-order valence-electron chi connectivity index (χ1n) is 6.06. The van der Waals surface area contributed by atoms with Crippen molar-refractivity contribution in [1.29, 1.82) is 0 Å². The summed E-state index contributed by atoms with van der Waals surface area (Å²) in [5.41, 5.74) is 0.990. The van der Waals surface area contributed by atoms with Crippen molar-refractivity contribution in [2.45, 2.75) is 13.0 Å². The van der Waals surface area contributed by atoms with Gasteiger partial charge in [0.2, 0.25) is 0 Å². The quantitative estimate of drug-likeness (QED) is 0.871. The predicted octanol–water partition coefficient (Wildman–Crippen LogP) is 2.82. The largest absolute Gasteiger partial charge is 0.387 e. The summed E-state index contributed by atoms with van der Waals surface area (Å²) in [4.78, 5) is 2.11. The number of hydrogen-bond donors (Lipinski definition) is 1. The van der Waals surface area contributed by atoms with Crippen molar-refractivity contribution < 1.29 is 5.11 Å². The van der Waals surface area contributed by atoms with Crippen molar-refractivity contribution in [2.24, 2.45) is 0 Å². The zero-order chi connectivity index (χ0) is 12.3. The van der Waals surface area contributed by atoms with E-state index in [0.29, 0.717) is 6.54 Å². The average molecular weight is 229 g/mol. The van der Waals surface area contributed by atoms with Gasteiger partial charge in [-0.05, 0) is 36.0 Å². The van der Waals surface area contributed by atoms with Gasteiger partial charge in [0.05, 0.1) is 6.10 Å². The Bertz CT molecular complexity index is 495. The van der Waals surface area contributed by atoms with Crippen LogP contribution >= 0.6 is 0 Å². The molecule has 2 nitrogen and oxygen atoms in total. The van der Waals surface area contributed by atoms with Gasteiger partial charge in [0, 0.05) is 6.54 Å². The number of rotatable bonds is 4. The van der Waals surface area contributed by atoms with Crippen LogP contribution in [0.3, 0.4) is 0 Å². The minimum atomic E-state index is -0.412. The Labute approximate surface area is 102 Å². The van der Waals surface area contributed by atoms with Crippen molar-refractivity contribution in [3.8, 4) is 0 Å². The second-order valence-corrected chi connectivity index (χ2v) is 4.48. The lowest BCUT2D eigenvalue weighted by Crippen LogP contribution is -2.24. The first-order chi connectivity index (χ1) is 8.20. The monoisotopic (exact) mass is 229 g/mol. The average Bonchev–Trinajstić information content (AvgIpc) is 2.38. The third kappa shape index (κ3) is 2.84. The van der Waals surface area contributed by atoms with Gasteiger partial charge in [0.15, 0.2) is 0 Å². The van der Waals surface area contributed by atoms with Gasteiger partial charge in [0.25, 0.3) is 0 Å². The van der Waals surface area contributed by atoms with E-state index in [0.717, 1.165) is 12.1 Å². The summed E-state index contributed by atoms with van der Waals surface area (Å²) < 4.78 is 0. The molecule has 0 radical (unpaired) electrons. The molecule has 0 heterocycles. The molecular formula is C15H19NO. The molecular weight excluding hydrogens is 210 g/mol. The van der Waals surface area contributed by atoms with Crippen molar-refractivity contribution in [3.63, 3.8) is 0 Å². The van der Waals surface area contributed by atoms with E-state index in [1.807, 2.05) is 25.2 Å². The minimum Gasteiger partial charge on any atom is -0.387 e. The fourth-order valence-electron chi connectivity index (χ4n) is 1.94. The van der Waals surface area contributed by atoms with Gasteiger partial charge in [-0.25, -0.2) is 0 Å². The van der Waals surface area contributed by atoms with Crippen molar-refractivity contribution in [2.75, 3.05) is 20.1 Å². The molecule has 1 unspecified atom stereocenters. The summed E-state index contributed by atoms with van der Waals surface area (Å²) in [6.45, 7) is 3.71. The molecule has 2 heteroatoms. The van der Waals surface area contributed by atoms with Gasteiger partial charge >= 0.3 is 0 Å². The Morgan fingerprint density at radius 3 is 2.53 bits per heavy atom. The maximum absolute atomic E-state index is 10.1. The molecule has 90 valence electrons. The zero-order valence-electron chi connectivity index (χ0n) is 10.4. The van der Waals surface area contributed by atoms with Crippen LogP contribution in [0, 0.1) is 0 Å². The fourth-order valence-corrected chi connectivity index (χ4v) is 1.94. The van der Waals surface area contributed by atoms with Gasteiger partial charge in [-0.3, -0.25) is 0 Å². The van der Waals surface area contributed by atoms with Crippen LogP contribution in [-0.2, 0) is 0 Å². The fraction of sp³-hybridized carbons (Fsp3) is 0.333. The molecule has 0 fully saturated rings. The van der Waals surface area contributed by atoms with Gasteiger partial charge in [-0.15, -0.1) is 0 Å². The molecule has 0 saturated heterocycles. The van der Waals surface area contributed by atoms with E-state index in [4.69, 9.17) is 0 Å². The number of nitrogens with zero attached hydrogens (tertiary/aromatic N) is 1. The van der Waals surface area contributed by atoms with Crippen LogP contribution in [0.5, 0.6) is 0 Å². The molecule has 1 atom stereocenters. The van der Waals surface area contributed by atoms with Crippen molar-refractivity contribution in [3.05, 3.63) is 48.0 Å². The van der Waals surface area contributed by atoms with E-state index in [1.165, 1.54) is 10.8 Å². The normalized spacial score (nSPS) is 13.2. The number of likely N-dealkylation sites (N-methyl/N-ethyl adjacent to an activating group) is 1. The van der Waals surface area contributed by atoms with Crippen LogP contribution in [-0.4, -0.2) is 30.1 Å². The Morgan fingerprint density at radius 2 is 1.82 bits per heavy atom. The second-order valence-electron chi connectivity index (χ2n) is 4.48. The highest BCUT2D eigenvalue weighted by atomic mass is 16.3. The summed E-state index contributed by atoms with van der Waals surface area (Å²) in [5.74, 6) is 0. The molecule has 17 heavy (non-hydrogen) atoms. The Balaban J connectivity index is 2.23. The minimum absolute atomic E-state index is 0.412. The van der Waals surface area contributed by atoms with Gasteiger partial charge < -0.3 is 10.0 Å². The molecule has 0 aromatic heterocycles. The van der Waals surface area contributed by atoms with E-state index >= 15 is 0 Å². The summed E-state index contributed by atoms with van der Waals surface area (Å²) in [7, 11) is 2.02. The highest BCUT2D eigenvalue weighted by Gasteiger charge is 2.09. The van der Waals surface area contributed by atoms with E-state index < -0.39 is 6.10 Å². The van der Waals surface area contributed by atoms with Crippen LogP contribution < -0.4 is 0 Å². The van der Waals surface area contributed by atoms with Gasteiger partial charge in [-0.2, -0.15) is 0 Å². The van der Waals surface area contributed by atoms with Crippen LogP contribution in [0.15, 0.2) is 42.5 Å². The topological polar surface area (TPSA) is 23.5 Å². The lowest BCUT2D eigenvalue weighted by molar-refractivity contribution is 0.129. The molecule has 0 spiro atoms. The van der Waals surface area contributed by atoms with E-state index in [-0.39, 0.29) is 0 Å². The summed E-state index contributed by atoms with van der Waals surface area (Å²) in [6, 6.07) is 14.4. The number of benzene rings is 2. The number of hydrogen-bond acceptors (Lipinski definition) is 2. The number of aliphatic hydroxyl groups excluding tert-OH is 1. The van der Waals surface area contributed by atoms with Crippen molar-refractivity contribution in [1.82, 2.24) is 4.90 Å². The number of fused-ring (bicyclic) bond motifs is 1. The summed E-state index contributed by atoms with van der Waals surface area (Å²) in [6.07, 6.45) is -0.412. The molecule has 0 amide bonds. The Morgan fingerprint density at radius 1 is 1.12 bits per heavy atom. The second kappa shape index (κ2) is 5.30. The Kier molecular flexibility index (Phi) is 3.77. The third-order valence-corrected chi connectivity index (χ3v) is 3.18. The molecule has 1 N–H and O–H groups in total. The van der Waals surface area contributed by atoms with E-state index in [9.17, 15) is 5.11 Å². The zero-order valence-corrected chi connectivity index (χ0v) is 10.4. The van der Waals surface area contributed by atoms with Gasteiger partial charge in [0.1, 0.15) is 0 Å². The lowest BCUT2D eigenvalue weighted by atomic mass is 10.0. The smallest absolute Gasteiger partial charge is 0.0917 e. The van der Waals surface area contributed by atoms with Crippen LogP contribution in [0.25, 0.3) is 10.8 Å². The lowest BCUT2D eigenvalue weighted by Gasteiger charge is -2.19. The molecule has 0 bridgehead atoms. The molecule has 2 aromatic carbocycles. The molecule has 0 aliphatic rings. The van der Waals surface area contributed by atoms with E-state index in [1.54, 1.807) is 0 Å². The van der Waals surface area contributed by atoms with E-state index in [2.05, 4.69) is 36.1 Å². The van der Waals surface area contributed by atoms with Crippen LogP contribution in [0.4, 0.5) is 0 Å².